The molecule has 1 atom stereocenters. The highest BCUT2D eigenvalue weighted by Gasteiger charge is 2.22. The molecular formula is C26H29N3O4. The van der Waals surface area contributed by atoms with Crippen LogP contribution in [0.15, 0.2) is 58.4 Å². The van der Waals surface area contributed by atoms with Gasteiger partial charge in [-0.3, -0.25) is 4.79 Å². The molecule has 33 heavy (non-hydrogen) atoms. The highest BCUT2D eigenvalue weighted by Crippen LogP contribution is 2.31. The van der Waals surface area contributed by atoms with E-state index in [2.05, 4.69) is 5.10 Å². The lowest BCUT2D eigenvalue weighted by Gasteiger charge is -2.22. The molecule has 172 valence electrons. The van der Waals surface area contributed by atoms with Gasteiger partial charge in [0, 0.05) is 5.92 Å². The van der Waals surface area contributed by atoms with E-state index in [1.54, 1.807) is 38.3 Å². The molecule has 1 heterocycles. The molecule has 1 aliphatic carbocycles. The van der Waals surface area contributed by atoms with Gasteiger partial charge < -0.3 is 9.47 Å². The number of aromatic nitrogens is 2. The maximum absolute atomic E-state index is 13.3. The summed E-state index contributed by atoms with van der Waals surface area (Å²) < 4.78 is 12.2. The Morgan fingerprint density at radius 3 is 2.76 bits per heavy atom. The standard InChI is InChI=1S/C26H29N3O4/c1-3-32-26(31)18(2)33-21-13-9-10-19(16-21)17-27-29-24(20-11-5-4-6-12-20)28-23-15-8-7-14-22(23)25(29)30/h7-10,13-18,20H,3-6,11-12H2,1-2H3/t18-/m0/s1. The van der Waals surface area contributed by atoms with Crippen molar-refractivity contribution >= 4 is 23.1 Å². The molecule has 1 saturated carbocycles. The number of carbonyl (C=O) groups is 1. The van der Waals surface area contributed by atoms with Gasteiger partial charge >= 0.3 is 5.97 Å². The topological polar surface area (TPSA) is 82.8 Å². The number of hydrogen-bond acceptors (Lipinski definition) is 6. The first-order valence-corrected chi connectivity index (χ1v) is 11.6. The molecule has 0 bridgehead atoms. The number of hydrogen-bond donors (Lipinski definition) is 0. The average molecular weight is 448 g/mol. The van der Waals surface area contributed by atoms with E-state index in [0.717, 1.165) is 37.1 Å². The van der Waals surface area contributed by atoms with Gasteiger partial charge in [0.15, 0.2) is 6.10 Å². The predicted molar refractivity (Wildman–Crippen MR) is 128 cm³/mol. The van der Waals surface area contributed by atoms with E-state index in [9.17, 15) is 9.59 Å². The Bertz CT molecular complexity index is 1210. The molecule has 0 aliphatic heterocycles. The second-order valence-electron chi connectivity index (χ2n) is 8.27. The number of nitrogens with zero attached hydrogens (tertiary/aromatic N) is 3. The highest BCUT2D eigenvalue weighted by atomic mass is 16.6. The van der Waals surface area contributed by atoms with Gasteiger partial charge in [-0.1, -0.05) is 43.5 Å². The molecule has 7 nitrogen and oxygen atoms in total. The van der Waals surface area contributed by atoms with E-state index in [-0.39, 0.29) is 11.5 Å². The zero-order valence-electron chi connectivity index (χ0n) is 19.1. The Kier molecular flexibility index (Phi) is 7.17. The van der Waals surface area contributed by atoms with Gasteiger partial charge in [0.25, 0.3) is 5.56 Å². The summed E-state index contributed by atoms with van der Waals surface area (Å²) in [5.41, 5.74) is 1.29. The van der Waals surface area contributed by atoms with Crippen LogP contribution in [0.25, 0.3) is 10.9 Å². The van der Waals surface area contributed by atoms with Crippen molar-refractivity contribution in [2.75, 3.05) is 6.61 Å². The molecule has 0 spiro atoms. The van der Waals surface area contributed by atoms with Gasteiger partial charge in [0.1, 0.15) is 11.6 Å². The third kappa shape index (κ3) is 5.30. The highest BCUT2D eigenvalue weighted by molar-refractivity contribution is 5.81. The van der Waals surface area contributed by atoms with E-state index in [1.807, 2.05) is 30.3 Å². The van der Waals surface area contributed by atoms with Crippen molar-refractivity contribution < 1.29 is 14.3 Å². The molecule has 2 aromatic carbocycles. The molecule has 0 unspecified atom stereocenters. The molecule has 0 amide bonds. The number of esters is 1. The largest absolute Gasteiger partial charge is 0.479 e. The summed E-state index contributed by atoms with van der Waals surface area (Å²) in [6.07, 6.45) is 6.41. The summed E-state index contributed by atoms with van der Waals surface area (Å²) in [5.74, 6) is 1.05. The minimum atomic E-state index is -0.720. The normalized spacial score (nSPS) is 15.6. The van der Waals surface area contributed by atoms with Gasteiger partial charge in [-0.05, 0) is 56.5 Å². The zero-order valence-corrected chi connectivity index (χ0v) is 19.1. The molecule has 1 fully saturated rings. The smallest absolute Gasteiger partial charge is 0.347 e. The number of benzene rings is 2. The Morgan fingerprint density at radius 1 is 1.18 bits per heavy atom. The van der Waals surface area contributed by atoms with Crippen molar-refractivity contribution in [3.8, 4) is 5.75 Å². The maximum atomic E-state index is 13.3. The molecular weight excluding hydrogens is 418 g/mol. The summed E-state index contributed by atoms with van der Waals surface area (Å²) >= 11 is 0. The molecule has 0 radical (unpaired) electrons. The van der Waals surface area contributed by atoms with Crippen LogP contribution >= 0.6 is 0 Å². The van der Waals surface area contributed by atoms with Crippen molar-refractivity contribution in [3.05, 3.63) is 70.3 Å². The first kappa shape index (κ1) is 22.7. The summed E-state index contributed by atoms with van der Waals surface area (Å²) in [6, 6.07) is 14.6. The van der Waals surface area contributed by atoms with E-state index < -0.39 is 12.1 Å². The molecule has 3 aromatic rings. The van der Waals surface area contributed by atoms with Crippen LogP contribution in [0.3, 0.4) is 0 Å². The van der Waals surface area contributed by atoms with Gasteiger partial charge in [-0.25, -0.2) is 9.78 Å². The monoisotopic (exact) mass is 447 g/mol. The second-order valence-corrected chi connectivity index (χ2v) is 8.27. The summed E-state index contributed by atoms with van der Waals surface area (Å²) in [5, 5.41) is 5.11. The van der Waals surface area contributed by atoms with Crippen molar-refractivity contribution in [3.63, 3.8) is 0 Å². The van der Waals surface area contributed by atoms with Gasteiger partial charge in [0.05, 0.1) is 23.7 Å². The fourth-order valence-electron chi connectivity index (χ4n) is 4.18. The lowest BCUT2D eigenvalue weighted by atomic mass is 9.88. The van der Waals surface area contributed by atoms with Crippen molar-refractivity contribution in [2.45, 2.75) is 58.0 Å². The summed E-state index contributed by atoms with van der Waals surface area (Å²) in [7, 11) is 0. The van der Waals surface area contributed by atoms with Crippen molar-refractivity contribution in [1.82, 2.24) is 9.66 Å². The Balaban J connectivity index is 1.66. The van der Waals surface area contributed by atoms with E-state index in [4.69, 9.17) is 14.5 Å². The quantitative estimate of drug-likeness (QED) is 0.389. The molecule has 1 aromatic heterocycles. The van der Waals surface area contributed by atoms with E-state index >= 15 is 0 Å². The Morgan fingerprint density at radius 2 is 1.97 bits per heavy atom. The zero-order chi connectivity index (χ0) is 23.2. The predicted octanol–water partition coefficient (Wildman–Crippen LogP) is 4.66. The summed E-state index contributed by atoms with van der Waals surface area (Å²) in [6.45, 7) is 3.71. The lowest BCUT2D eigenvalue weighted by molar-refractivity contribution is -0.150. The van der Waals surface area contributed by atoms with Crippen molar-refractivity contribution in [1.29, 1.82) is 0 Å². The number of rotatable bonds is 7. The fourth-order valence-corrected chi connectivity index (χ4v) is 4.18. The van der Waals surface area contributed by atoms with Crippen LogP contribution in [0.1, 0.15) is 63.3 Å². The molecule has 1 aliphatic rings. The van der Waals surface area contributed by atoms with Crippen LogP contribution in [0.5, 0.6) is 5.75 Å². The first-order valence-electron chi connectivity index (χ1n) is 11.6. The Hall–Kier alpha value is -3.48. The molecule has 0 N–H and O–H groups in total. The fraction of sp³-hybridized carbons (Fsp3) is 0.385. The first-order chi connectivity index (χ1) is 16.1. The van der Waals surface area contributed by atoms with Crippen molar-refractivity contribution in [2.24, 2.45) is 5.10 Å². The van der Waals surface area contributed by atoms with E-state index in [0.29, 0.717) is 23.3 Å². The Labute approximate surface area is 193 Å². The molecule has 7 heteroatoms. The van der Waals surface area contributed by atoms with Crippen LogP contribution < -0.4 is 10.3 Å². The molecule has 4 rings (SSSR count). The number of para-hydroxylation sites is 1. The number of carbonyl (C=O) groups excluding carboxylic acids is 1. The lowest BCUT2D eigenvalue weighted by Crippen LogP contribution is -2.26. The summed E-state index contributed by atoms with van der Waals surface area (Å²) in [4.78, 5) is 30.0. The minimum absolute atomic E-state index is 0.166. The van der Waals surface area contributed by atoms with Gasteiger partial charge in [-0.2, -0.15) is 9.78 Å². The third-order valence-electron chi connectivity index (χ3n) is 5.86. The van der Waals surface area contributed by atoms with Gasteiger partial charge in [-0.15, -0.1) is 0 Å². The third-order valence-corrected chi connectivity index (χ3v) is 5.86. The number of fused-ring (bicyclic) bond motifs is 1. The van der Waals surface area contributed by atoms with Crippen LogP contribution in [0.4, 0.5) is 0 Å². The van der Waals surface area contributed by atoms with Crippen LogP contribution in [-0.2, 0) is 9.53 Å². The maximum Gasteiger partial charge on any atom is 0.347 e. The van der Waals surface area contributed by atoms with Gasteiger partial charge in [0.2, 0.25) is 0 Å². The SMILES string of the molecule is CCOC(=O)[C@H](C)Oc1cccc(C=Nn2c(C3CCCCC3)nc3ccccc3c2=O)c1. The molecule has 0 saturated heterocycles. The average Bonchev–Trinajstić information content (AvgIpc) is 2.84. The number of ether oxygens (including phenoxy) is 2. The minimum Gasteiger partial charge on any atom is -0.479 e. The second kappa shape index (κ2) is 10.4. The van der Waals surface area contributed by atoms with E-state index in [1.165, 1.54) is 11.1 Å². The van der Waals surface area contributed by atoms with Crippen LogP contribution in [-0.4, -0.2) is 34.6 Å². The van der Waals surface area contributed by atoms with Crippen LogP contribution in [0.2, 0.25) is 0 Å². The van der Waals surface area contributed by atoms with Crippen LogP contribution in [0, 0.1) is 0 Å².